The van der Waals surface area contributed by atoms with Crippen LogP contribution in [0.15, 0.2) is 16.6 Å². The number of hydrogen-bond acceptors (Lipinski definition) is 1. The van der Waals surface area contributed by atoms with E-state index in [2.05, 4.69) is 28.2 Å². The summed E-state index contributed by atoms with van der Waals surface area (Å²) in [6.07, 6.45) is 4.35. The van der Waals surface area contributed by atoms with Gasteiger partial charge < -0.3 is 5.32 Å². The fourth-order valence-corrected chi connectivity index (χ4v) is 3.44. The Bertz CT molecular complexity index is 452. The van der Waals surface area contributed by atoms with Gasteiger partial charge in [-0.05, 0) is 49.9 Å². The number of nitrogens with one attached hydrogen (secondary N) is 1. The molecule has 1 fully saturated rings. The fourth-order valence-electron chi connectivity index (χ4n) is 2.75. The van der Waals surface area contributed by atoms with E-state index in [0.29, 0.717) is 0 Å². The Hall–Kier alpha value is -0.830. The smallest absolute Gasteiger partial charge is 0.230 e. The summed E-state index contributed by atoms with van der Waals surface area (Å²) in [5.41, 5.74) is 3.01. The maximum Gasteiger partial charge on any atom is 0.230 e. The largest absolute Gasteiger partial charge is 0.325 e. The van der Waals surface area contributed by atoms with Crippen molar-refractivity contribution in [2.45, 2.75) is 46.5 Å². The molecular weight excluding hydrogens is 290 g/mol. The van der Waals surface area contributed by atoms with E-state index in [-0.39, 0.29) is 11.3 Å². The Kier molecular flexibility index (Phi) is 3.81. The molecule has 0 aromatic heterocycles. The molecule has 0 spiro atoms. The van der Waals surface area contributed by atoms with Crippen molar-refractivity contribution in [1.82, 2.24) is 0 Å². The number of anilines is 1. The normalized spacial score (nSPS) is 17.8. The number of rotatable bonds is 2. The second-order valence-corrected chi connectivity index (χ2v) is 6.55. The van der Waals surface area contributed by atoms with Gasteiger partial charge in [0.25, 0.3) is 0 Å². The van der Waals surface area contributed by atoms with E-state index < -0.39 is 0 Å². The number of halogens is 1. The number of benzene rings is 1. The molecule has 0 bridgehead atoms. The molecule has 1 aliphatic carbocycles. The van der Waals surface area contributed by atoms with Crippen molar-refractivity contribution >= 4 is 27.5 Å². The molecule has 1 saturated carbocycles. The van der Waals surface area contributed by atoms with Gasteiger partial charge in [0.15, 0.2) is 0 Å². The van der Waals surface area contributed by atoms with Gasteiger partial charge in [-0.2, -0.15) is 0 Å². The minimum atomic E-state index is -0.175. The number of carbonyl (C=O) groups excluding carboxylic acids is 1. The van der Waals surface area contributed by atoms with Gasteiger partial charge in [-0.1, -0.05) is 35.7 Å². The first kappa shape index (κ1) is 13.6. The molecule has 1 aromatic carbocycles. The Labute approximate surface area is 117 Å². The molecule has 1 aromatic rings. The zero-order chi connectivity index (χ0) is 13.3. The van der Waals surface area contributed by atoms with E-state index in [1.54, 1.807) is 0 Å². The summed E-state index contributed by atoms with van der Waals surface area (Å²) in [5, 5.41) is 3.13. The zero-order valence-corrected chi connectivity index (χ0v) is 12.9. The van der Waals surface area contributed by atoms with Gasteiger partial charge in [0.05, 0.1) is 0 Å². The lowest BCUT2D eigenvalue weighted by molar-refractivity contribution is -0.124. The monoisotopic (exact) mass is 309 g/mol. The highest BCUT2D eigenvalue weighted by atomic mass is 79.9. The number of carbonyl (C=O) groups is 1. The first-order valence-corrected chi connectivity index (χ1v) is 7.30. The van der Waals surface area contributed by atoms with E-state index in [9.17, 15) is 4.79 Å². The van der Waals surface area contributed by atoms with Crippen molar-refractivity contribution in [3.63, 3.8) is 0 Å². The molecule has 3 heteroatoms. The molecule has 0 heterocycles. The van der Waals surface area contributed by atoms with Crippen LogP contribution in [0.3, 0.4) is 0 Å². The van der Waals surface area contributed by atoms with Gasteiger partial charge in [0.1, 0.15) is 0 Å². The molecule has 0 unspecified atom stereocenters. The van der Waals surface area contributed by atoms with Crippen LogP contribution in [0.4, 0.5) is 5.69 Å². The zero-order valence-electron chi connectivity index (χ0n) is 11.3. The van der Waals surface area contributed by atoms with Crippen LogP contribution in [0.1, 0.15) is 43.7 Å². The van der Waals surface area contributed by atoms with E-state index >= 15 is 0 Å². The van der Waals surface area contributed by atoms with Crippen molar-refractivity contribution in [2.24, 2.45) is 5.41 Å². The van der Waals surface area contributed by atoms with E-state index in [0.717, 1.165) is 34.1 Å². The third-order valence-corrected chi connectivity index (χ3v) is 4.45. The number of hydrogen-bond donors (Lipinski definition) is 1. The first-order chi connectivity index (χ1) is 8.42. The van der Waals surface area contributed by atoms with Crippen LogP contribution in [0, 0.1) is 19.3 Å². The molecule has 1 N–H and O–H groups in total. The van der Waals surface area contributed by atoms with Crippen LogP contribution in [0.2, 0.25) is 0 Å². The summed E-state index contributed by atoms with van der Waals surface area (Å²) in [4.78, 5) is 12.4. The lowest BCUT2D eigenvalue weighted by Crippen LogP contribution is -2.31. The summed E-state index contributed by atoms with van der Waals surface area (Å²) >= 11 is 3.48. The molecule has 0 aliphatic heterocycles. The molecule has 0 saturated heterocycles. The molecule has 0 radical (unpaired) electrons. The van der Waals surface area contributed by atoms with Crippen molar-refractivity contribution in [2.75, 3.05) is 5.32 Å². The van der Waals surface area contributed by atoms with Gasteiger partial charge in [0, 0.05) is 15.6 Å². The Balaban J connectivity index is 2.22. The van der Waals surface area contributed by atoms with Crippen molar-refractivity contribution in [3.05, 3.63) is 27.7 Å². The molecule has 2 nitrogen and oxygen atoms in total. The molecule has 0 atom stereocenters. The predicted octanol–water partition coefficient (Wildman–Crippen LogP) is 4.58. The molecular formula is C15H20BrNO. The average molecular weight is 310 g/mol. The van der Waals surface area contributed by atoms with Gasteiger partial charge in [-0.15, -0.1) is 0 Å². The van der Waals surface area contributed by atoms with Crippen molar-refractivity contribution < 1.29 is 4.79 Å². The highest BCUT2D eigenvalue weighted by Gasteiger charge is 2.36. The predicted molar refractivity (Wildman–Crippen MR) is 78.8 cm³/mol. The van der Waals surface area contributed by atoms with Crippen LogP contribution in [0.25, 0.3) is 0 Å². The number of amides is 1. The summed E-state index contributed by atoms with van der Waals surface area (Å²) in [6.45, 7) is 6.15. The SMILES string of the molecule is Cc1cc(Br)cc(C)c1NC(=O)C1(C)CCCC1. The topological polar surface area (TPSA) is 29.1 Å². The fraction of sp³-hybridized carbons (Fsp3) is 0.533. The third kappa shape index (κ3) is 2.61. The average Bonchev–Trinajstić information content (AvgIpc) is 2.71. The Morgan fingerprint density at radius 2 is 1.72 bits per heavy atom. The maximum absolute atomic E-state index is 12.4. The Morgan fingerprint density at radius 3 is 2.22 bits per heavy atom. The van der Waals surface area contributed by atoms with Crippen LogP contribution >= 0.6 is 15.9 Å². The van der Waals surface area contributed by atoms with Gasteiger partial charge in [-0.3, -0.25) is 4.79 Å². The second-order valence-electron chi connectivity index (χ2n) is 5.64. The highest BCUT2D eigenvalue weighted by Crippen LogP contribution is 2.39. The summed E-state index contributed by atoms with van der Waals surface area (Å²) in [6, 6.07) is 4.08. The highest BCUT2D eigenvalue weighted by molar-refractivity contribution is 9.10. The molecule has 2 rings (SSSR count). The molecule has 98 valence electrons. The van der Waals surface area contributed by atoms with Gasteiger partial charge in [0.2, 0.25) is 5.91 Å². The first-order valence-electron chi connectivity index (χ1n) is 6.50. The minimum absolute atomic E-state index is 0.175. The maximum atomic E-state index is 12.4. The van der Waals surface area contributed by atoms with E-state index in [1.807, 2.05) is 26.0 Å². The summed E-state index contributed by atoms with van der Waals surface area (Å²) in [5.74, 6) is 0.175. The van der Waals surface area contributed by atoms with Crippen molar-refractivity contribution in [3.8, 4) is 0 Å². The quantitative estimate of drug-likeness (QED) is 0.851. The molecule has 1 aliphatic rings. The summed E-state index contributed by atoms with van der Waals surface area (Å²) < 4.78 is 1.06. The minimum Gasteiger partial charge on any atom is -0.325 e. The number of aryl methyl sites for hydroxylation is 2. The van der Waals surface area contributed by atoms with Crippen LogP contribution in [-0.2, 0) is 4.79 Å². The second kappa shape index (κ2) is 5.04. The third-order valence-electron chi connectivity index (χ3n) is 3.99. The van der Waals surface area contributed by atoms with Crippen LogP contribution < -0.4 is 5.32 Å². The lowest BCUT2D eigenvalue weighted by Gasteiger charge is -2.23. The van der Waals surface area contributed by atoms with Crippen molar-refractivity contribution in [1.29, 1.82) is 0 Å². The molecule has 18 heavy (non-hydrogen) atoms. The lowest BCUT2D eigenvalue weighted by atomic mass is 9.87. The standard InChI is InChI=1S/C15H20BrNO/c1-10-8-12(16)9-11(2)13(10)17-14(18)15(3)6-4-5-7-15/h8-9H,4-7H2,1-3H3,(H,17,18). The van der Waals surface area contributed by atoms with Crippen LogP contribution in [0.5, 0.6) is 0 Å². The summed E-state index contributed by atoms with van der Waals surface area (Å²) in [7, 11) is 0. The van der Waals surface area contributed by atoms with E-state index in [1.165, 1.54) is 12.8 Å². The van der Waals surface area contributed by atoms with Gasteiger partial charge in [-0.25, -0.2) is 0 Å². The van der Waals surface area contributed by atoms with Gasteiger partial charge >= 0.3 is 0 Å². The molecule has 1 amide bonds. The van der Waals surface area contributed by atoms with E-state index in [4.69, 9.17) is 0 Å². The van der Waals surface area contributed by atoms with Crippen LogP contribution in [-0.4, -0.2) is 5.91 Å². The Morgan fingerprint density at radius 1 is 1.22 bits per heavy atom.